The Bertz CT molecular complexity index is 503. The first-order chi connectivity index (χ1) is 7.84. The fraction of sp³-hybridized carbons (Fsp3) is 0. The maximum Gasteiger partial charge on any atom is 0.146 e. The second kappa shape index (κ2) is 5.42. The predicted molar refractivity (Wildman–Crippen MR) is 68.0 cm³/mol. The standard InChI is InChI=1S/C12H9BrN2O/c13-11-4-1-3-10(7-11)8-14-15-9-12-5-2-6-16-12/h1-9H/b14-8+,15-9+. The molecule has 16 heavy (non-hydrogen) atoms. The van der Waals surface area contributed by atoms with Gasteiger partial charge in [-0.1, -0.05) is 28.1 Å². The Balaban J connectivity index is 2.00. The molecule has 80 valence electrons. The summed E-state index contributed by atoms with van der Waals surface area (Å²) >= 11 is 3.39. The minimum absolute atomic E-state index is 0.686. The van der Waals surface area contributed by atoms with Gasteiger partial charge >= 0.3 is 0 Å². The van der Waals surface area contributed by atoms with Crippen LogP contribution in [0, 0.1) is 0 Å². The number of rotatable bonds is 3. The lowest BCUT2D eigenvalue weighted by atomic mass is 10.2. The molecule has 0 atom stereocenters. The van der Waals surface area contributed by atoms with Crippen molar-refractivity contribution < 1.29 is 4.42 Å². The molecule has 0 aliphatic rings. The molecule has 4 heteroatoms. The summed E-state index contributed by atoms with van der Waals surface area (Å²) in [6, 6.07) is 11.4. The van der Waals surface area contributed by atoms with Crippen molar-refractivity contribution in [2.45, 2.75) is 0 Å². The van der Waals surface area contributed by atoms with Crippen molar-refractivity contribution in [3.05, 3.63) is 58.5 Å². The van der Waals surface area contributed by atoms with Gasteiger partial charge in [0, 0.05) is 4.47 Å². The molecule has 2 aromatic rings. The molecule has 3 nitrogen and oxygen atoms in total. The van der Waals surface area contributed by atoms with Crippen LogP contribution in [0.2, 0.25) is 0 Å². The Kier molecular flexibility index (Phi) is 3.66. The zero-order chi connectivity index (χ0) is 11.2. The molecule has 1 aromatic carbocycles. The number of furan rings is 1. The molecule has 0 N–H and O–H groups in total. The van der Waals surface area contributed by atoms with Gasteiger partial charge in [-0.05, 0) is 29.8 Å². The van der Waals surface area contributed by atoms with E-state index in [9.17, 15) is 0 Å². The third-order valence-electron chi connectivity index (χ3n) is 1.85. The Labute approximate surface area is 102 Å². The van der Waals surface area contributed by atoms with E-state index < -0.39 is 0 Å². The minimum atomic E-state index is 0.686. The van der Waals surface area contributed by atoms with E-state index in [0.29, 0.717) is 5.76 Å². The van der Waals surface area contributed by atoms with Gasteiger partial charge in [-0.25, -0.2) is 0 Å². The van der Waals surface area contributed by atoms with E-state index in [4.69, 9.17) is 4.42 Å². The Morgan fingerprint density at radius 2 is 1.94 bits per heavy atom. The van der Waals surface area contributed by atoms with Crippen LogP contribution in [-0.2, 0) is 0 Å². The summed E-state index contributed by atoms with van der Waals surface area (Å²) in [5.41, 5.74) is 0.992. The van der Waals surface area contributed by atoms with Crippen molar-refractivity contribution in [2.24, 2.45) is 10.2 Å². The largest absolute Gasteiger partial charge is 0.463 e. The average molecular weight is 277 g/mol. The van der Waals surface area contributed by atoms with E-state index in [1.807, 2.05) is 30.3 Å². The van der Waals surface area contributed by atoms with Crippen LogP contribution in [0.5, 0.6) is 0 Å². The van der Waals surface area contributed by atoms with Crippen molar-refractivity contribution in [1.82, 2.24) is 0 Å². The fourth-order valence-corrected chi connectivity index (χ4v) is 1.56. The van der Waals surface area contributed by atoms with Crippen LogP contribution in [0.1, 0.15) is 11.3 Å². The first-order valence-corrected chi connectivity index (χ1v) is 5.49. The van der Waals surface area contributed by atoms with Gasteiger partial charge in [0.2, 0.25) is 0 Å². The molecule has 0 aliphatic heterocycles. The van der Waals surface area contributed by atoms with Gasteiger partial charge < -0.3 is 4.42 Å². The van der Waals surface area contributed by atoms with E-state index in [-0.39, 0.29) is 0 Å². The molecule has 0 saturated carbocycles. The monoisotopic (exact) mass is 276 g/mol. The summed E-state index contributed by atoms with van der Waals surface area (Å²) in [6.07, 6.45) is 4.85. The Morgan fingerprint density at radius 1 is 1.06 bits per heavy atom. The highest BCUT2D eigenvalue weighted by Crippen LogP contribution is 2.09. The van der Waals surface area contributed by atoms with Crippen LogP contribution < -0.4 is 0 Å². The highest BCUT2D eigenvalue weighted by molar-refractivity contribution is 9.10. The van der Waals surface area contributed by atoms with Crippen LogP contribution in [-0.4, -0.2) is 12.4 Å². The Hall–Kier alpha value is -1.68. The molecule has 1 heterocycles. The van der Waals surface area contributed by atoms with Crippen LogP contribution in [0.3, 0.4) is 0 Å². The van der Waals surface area contributed by atoms with Crippen LogP contribution in [0.4, 0.5) is 0 Å². The maximum absolute atomic E-state index is 5.07. The molecule has 1 aromatic heterocycles. The van der Waals surface area contributed by atoms with Crippen molar-refractivity contribution in [3.8, 4) is 0 Å². The molecule has 0 bridgehead atoms. The molecule has 2 rings (SSSR count). The van der Waals surface area contributed by atoms with Crippen LogP contribution in [0.15, 0.2) is 61.8 Å². The molecule has 0 fully saturated rings. The zero-order valence-electron chi connectivity index (χ0n) is 8.38. The highest BCUT2D eigenvalue weighted by atomic mass is 79.9. The fourth-order valence-electron chi connectivity index (χ4n) is 1.14. The summed E-state index contributed by atoms with van der Waals surface area (Å²) in [5, 5.41) is 7.80. The normalized spacial score (nSPS) is 11.6. The van der Waals surface area contributed by atoms with Crippen molar-refractivity contribution in [2.75, 3.05) is 0 Å². The summed E-state index contributed by atoms with van der Waals surface area (Å²) in [5.74, 6) is 0.686. The first-order valence-electron chi connectivity index (χ1n) is 4.70. The lowest BCUT2D eigenvalue weighted by Gasteiger charge is -1.91. The number of hydrogen-bond donors (Lipinski definition) is 0. The second-order valence-electron chi connectivity index (χ2n) is 3.06. The SMILES string of the molecule is Brc1cccc(/C=N/N=C/c2ccco2)c1. The van der Waals surface area contributed by atoms with Crippen molar-refractivity contribution >= 4 is 28.4 Å². The van der Waals surface area contributed by atoms with E-state index in [1.165, 1.54) is 0 Å². The number of benzene rings is 1. The number of hydrogen-bond acceptors (Lipinski definition) is 3. The smallest absolute Gasteiger partial charge is 0.146 e. The number of nitrogens with zero attached hydrogens (tertiary/aromatic N) is 2. The average Bonchev–Trinajstić information content (AvgIpc) is 2.77. The van der Waals surface area contributed by atoms with Gasteiger partial charge in [0.05, 0.1) is 18.7 Å². The van der Waals surface area contributed by atoms with Crippen molar-refractivity contribution in [3.63, 3.8) is 0 Å². The summed E-state index contributed by atoms with van der Waals surface area (Å²) in [6.45, 7) is 0. The summed E-state index contributed by atoms with van der Waals surface area (Å²) in [4.78, 5) is 0. The Morgan fingerprint density at radius 3 is 2.69 bits per heavy atom. The topological polar surface area (TPSA) is 37.9 Å². The van der Waals surface area contributed by atoms with Gasteiger partial charge in [0.25, 0.3) is 0 Å². The van der Waals surface area contributed by atoms with Gasteiger partial charge in [0.1, 0.15) is 5.76 Å². The van der Waals surface area contributed by atoms with Crippen molar-refractivity contribution in [1.29, 1.82) is 0 Å². The third-order valence-corrected chi connectivity index (χ3v) is 2.34. The van der Waals surface area contributed by atoms with Gasteiger partial charge in [-0.3, -0.25) is 0 Å². The predicted octanol–water partition coefficient (Wildman–Crippen LogP) is 3.50. The third kappa shape index (κ3) is 3.17. The lowest BCUT2D eigenvalue weighted by molar-refractivity contribution is 0.560. The quantitative estimate of drug-likeness (QED) is 0.625. The molecule has 0 unspecified atom stereocenters. The van der Waals surface area contributed by atoms with Gasteiger partial charge in [-0.15, -0.1) is 0 Å². The van der Waals surface area contributed by atoms with E-state index in [2.05, 4.69) is 26.1 Å². The van der Waals surface area contributed by atoms with Gasteiger partial charge in [-0.2, -0.15) is 10.2 Å². The second-order valence-corrected chi connectivity index (χ2v) is 3.98. The van der Waals surface area contributed by atoms with Gasteiger partial charge in [0.15, 0.2) is 0 Å². The first kappa shape index (κ1) is 10.8. The summed E-state index contributed by atoms with van der Waals surface area (Å²) < 4.78 is 6.09. The van der Waals surface area contributed by atoms with E-state index >= 15 is 0 Å². The maximum atomic E-state index is 5.07. The molecule has 0 amide bonds. The van der Waals surface area contributed by atoms with Crippen LogP contribution >= 0.6 is 15.9 Å². The molecule has 0 saturated heterocycles. The highest BCUT2D eigenvalue weighted by Gasteiger charge is 1.89. The molecular formula is C12H9BrN2O. The molecular weight excluding hydrogens is 268 g/mol. The number of halogens is 1. The lowest BCUT2D eigenvalue weighted by Crippen LogP contribution is -1.79. The molecule has 0 aliphatic carbocycles. The molecule has 0 radical (unpaired) electrons. The minimum Gasteiger partial charge on any atom is -0.463 e. The van der Waals surface area contributed by atoms with Crippen LogP contribution in [0.25, 0.3) is 0 Å². The summed E-state index contributed by atoms with van der Waals surface area (Å²) in [7, 11) is 0. The van der Waals surface area contributed by atoms with E-state index in [1.54, 1.807) is 24.8 Å². The zero-order valence-corrected chi connectivity index (χ0v) is 9.96. The van der Waals surface area contributed by atoms with E-state index in [0.717, 1.165) is 10.0 Å². The molecule has 0 spiro atoms.